The highest BCUT2D eigenvalue weighted by molar-refractivity contribution is 7.91. The van der Waals surface area contributed by atoms with Gasteiger partial charge in [-0.25, -0.2) is 8.42 Å². The van der Waals surface area contributed by atoms with Gasteiger partial charge in [0.15, 0.2) is 0 Å². The van der Waals surface area contributed by atoms with Crippen molar-refractivity contribution in [2.24, 2.45) is 0 Å². The maximum Gasteiger partial charge on any atom is 0.505 e. The monoisotopic (exact) mass is 357 g/mol. The van der Waals surface area contributed by atoms with Crippen LogP contribution in [0.3, 0.4) is 0 Å². The van der Waals surface area contributed by atoms with Gasteiger partial charge in [-0.15, -0.1) is 11.3 Å². The first-order valence-electron chi connectivity index (χ1n) is 8.02. The quantitative estimate of drug-likeness (QED) is 0.779. The Balaban J connectivity index is 1.85. The number of hydrogen-bond acceptors (Lipinski definition) is 5. The van der Waals surface area contributed by atoms with E-state index in [2.05, 4.69) is 0 Å². The van der Waals surface area contributed by atoms with Crippen LogP contribution in [0.1, 0.15) is 47.5 Å². The average molecular weight is 357 g/mol. The summed E-state index contributed by atoms with van der Waals surface area (Å²) in [4.78, 5) is 0. The topological polar surface area (TPSA) is 55.8 Å². The van der Waals surface area contributed by atoms with E-state index in [0.717, 1.165) is 17.6 Å². The Hall–Kier alpha value is -0.405. The van der Waals surface area contributed by atoms with E-state index in [1.54, 1.807) is 16.4 Å². The lowest BCUT2D eigenvalue weighted by atomic mass is 9.88. The molecule has 0 N–H and O–H groups in total. The first kappa shape index (κ1) is 17.4. The van der Waals surface area contributed by atoms with E-state index in [1.165, 1.54) is 11.3 Å². The van der Waals surface area contributed by atoms with Crippen LogP contribution >= 0.6 is 11.3 Å². The third-order valence-corrected chi connectivity index (χ3v) is 8.73. The molecule has 0 radical (unpaired) electrons. The van der Waals surface area contributed by atoms with Crippen molar-refractivity contribution in [2.75, 3.05) is 6.54 Å². The Morgan fingerprint density at radius 2 is 1.83 bits per heavy atom. The molecule has 1 aromatic rings. The van der Waals surface area contributed by atoms with Gasteiger partial charge in [0.2, 0.25) is 0 Å². The summed E-state index contributed by atoms with van der Waals surface area (Å²) < 4.78 is 40.3. The third-order valence-electron chi connectivity index (χ3n) is 5.14. The fourth-order valence-corrected chi connectivity index (χ4v) is 6.05. The minimum absolute atomic E-state index is 0.0717. The summed E-state index contributed by atoms with van der Waals surface area (Å²) in [7, 11) is -3.92. The zero-order chi connectivity index (χ0) is 17.0. The van der Waals surface area contributed by atoms with Crippen molar-refractivity contribution in [3.8, 4) is 0 Å². The van der Waals surface area contributed by atoms with Gasteiger partial charge in [0.1, 0.15) is 4.21 Å². The van der Waals surface area contributed by atoms with Gasteiger partial charge in [-0.05, 0) is 53.5 Å². The molecule has 23 heavy (non-hydrogen) atoms. The van der Waals surface area contributed by atoms with Gasteiger partial charge in [-0.2, -0.15) is 4.31 Å². The molecular formula is C15H24BNO4S2. The van der Waals surface area contributed by atoms with Crippen molar-refractivity contribution in [1.82, 2.24) is 4.31 Å². The van der Waals surface area contributed by atoms with Crippen LogP contribution in [0, 0.1) is 0 Å². The molecular weight excluding hydrogens is 333 g/mol. The van der Waals surface area contributed by atoms with Gasteiger partial charge in [0.05, 0.1) is 11.2 Å². The van der Waals surface area contributed by atoms with Gasteiger partial charge in [-0.3, -0.25) is 0 Å². The predicted molar refractivity (Wildman–Crippen MR) is 92.6 cm³/mol. The average Bonchev–Trinajstić information content (AvgIpc) is 3.09. The summed E-state index contributed by atoms with van der Waals surface area (Å²) in [6.07, 6.45) is 1.85. The van der Waals surface area contributed by atoms with E-state index >= 15 is 0 Å². The maximum absolute atomic E-state index is 12.8. The van der Waals surface area contributed by atoms with Crippen LogP contribution in [0.4, 0.5) is 0 Å². The highest BCUT2D eigenvalue weighted by atomic mass is 32.2. The molecule has 1 atom stereocenters. The van der Waals surface area contributed by atoms with E-state index in [9.17, 15) is 8.42 Å². The van der Waals surface area contributed by atoms with E-state index in [-0.39, 0.29) is 6.04 Å². The second-order valence-electron chi connectivity index (χ2n) is 7.35. The number of sulfonamides is 1. The molecule has 128 valence electrons. The standard InChI is InChI=1S/C15H24BNO4S2/c1-11-7-6-10-17(11)23(18,19)13-9-8-12(22-13)16-20-14(2,3)15(4,5)21-16/h8-9,11H,6-7,10H2,1-5H3. The molecule has 2 saturated heterocycles. The van der Waals surface area contributed by atoms with Crippen LogP contribution in [-0.4, -0.2) is 43.6 Å². The van der Waals surface area contributed by atoms with Crippen LogP contribution in [0.15, 0.2) is 16.3 Å². The molecule has 0 bridgehead atoms. The van der Waals surface area contributed by atoms with Gasteiger partial charge in [-0.1, -0.05) is 6.07 Å². The van der Waals surface area contributed by atoms with Crippen LogP contribution in [-0.2, 0) is 19.3 Å². The number of rotatable bonds is 3. The van der Waals surface area contributed by atoms with E-state index in [1.807, 2.05) is 34.6 Å². The van der Waals surface area contributed by atoms with Gasteiger partial charge < -0.3 is 9.31 Å². The lowest BCUT2D eigenvalue weighted by molar-refractivity contribution is 0.00578. The Labute approximate surface area is 143 Å². The summed E-state index contributed by atoms with van der Waals surface area (Å²) >= 11 is 1.25. The number of nitrogens with zero attached hydrogens (tertiary/aromatic N) is 1. The fraction of sp³-hybridized carbons (Fsp3) is 0.733. The molecule has 2 fully saturated rings. The van der Waals surface area contributed by atoms with Crippen molar-refractivity contribution >= 4 is 33.3 Å². The molecule has 0 amide bonds. The lowest BCUT2D eigenvalue weighted by Gasteiger charge is -2.32. The Morgan fingerprint density at radius 3 is 2.35 bits per heavy atom. The van der Waals surface area contributed by atoms with Crippen molar-refractivity contribution in [3.63, 3.8) is 0 Å². The summed E-state index contributed by atoms with van der Waals surface area (Å²) in [6.45, 7) is 10.5. The Kier molecular flexibility index (Phi) is 4.21. The Morgan fingerprint density at radius 1 is 1.22 bits per heavy atom. The molecule has 1 aromatic heterocycles. The molecule has 2 aliphatic heterocycles. The normalized spacial score (nSPS) is 27.7. The minimum Gasteiger partial charge on any atom is -0.399 e. The smallest absolute Gasteiger partial charge is 0.399 e. The van der Waals surface area contributed by atoms with Crippen LogP contribution in [0.25, 0.3) is 0 Å². The molecule has 2 aliphatic rings. The lowest BCUT2D eigenvalue weighted by Crippen LogP contribution is -2.41. The van der Waals surface area contributed by atoms with Crippen LogP contribution < -0.4 is 4.78 Å². The predicted octanol–water partition coefficient (Wildman–Crippen LogP) is 2.22. The molecule has 3 rings (SSSR count). The molecule has 0 spiro atoms. The molecule has 8 heteroatoms. The van der Waals surface area contributed by atoms with Gasteiger partial charge in [0, 0.05) is 17.4 Å². The van der Waals surface area contributed by atoms with Crippen LogP contribution in [0.5, 0.6) is 0 Å². The SMILES string of the molecule is CC1CCCN1S(=O)(=O)c1ccc(B2OC(C)(C)C(C)(C)O2)s1. The first-order chi connectivity index (χ1) is 10.5. The number of hydrogen-bond donors (Lipinski definition) is 0. The maximum atomic E-state index is 12.8. The van der Waals surface area contributed by atoms with Gasteiger partial charge >= 0.3 is 7.12 Å². The first-order valence-corrected chi connectivity index (χ1v) is 10.3. The summed E-state index contributed by atoms with van der Waals surface area (Å²) in [5.41, 5.74) is -0.853. The molecule has 5 nitrogen and oxygen atoms in total. The molecule has 1 unspecified atom stereocenters. The Bertz CT molecular complexity index is 682. The largest absolute Gasteiger partial charge is 0.505 e. The molecule has 0 saturated carbocycles. The van der Waals surface area contributed by atoms with E-state index in [4.69, 9.17) is 9.31 Å². The number of thiophene rings is 1. The highest BCUT2D eigenvalue weighted by Gasteiger charge is 2.52. The molecule has 3 heterocycles. The van der Waals surface area contributed by atoms with Crippen molar-refractivity contribution in [3.05, 3.63) is 12.1 Å². The molecule has 0 aromatic carbocycles. The zero-order valence-electron chi connectivity index (χ0n) is 14.3. The fourth-order valence-electron chi connectivity index (χ4n) is 2.94. The van der Waals surface area contributed by atoms with Crippen molar-refractivity contribution in [2.45, 2.75) is 68.9 Å². The van der Waals surface area contributed by atoms with Crippen LogP contribution in [0.2, 0.25) is 0 Å². The summed E-state index contributed by atoms with van der Waals surface area (Å²) in [5.74, 6) is 0. The third kappa shape index (κ3) is 2.89. The van der Waals surface area contributed by atoms with E-state index in [0.29, 0.717) is 10.8 Å². The minimum atomic E-state index is -3.41. The zero-order valence-corrected chi connectivity index (χ0v) is 16.0. The van der Waals surface area contributed by atoms with Crippen molar-refractivity contribution in [1.29, 1.82) is 0 Å². The summed E-state index contributed by atoms with van der Waals surface area (Å²) in [5, 5.41) is 0. The second kappa shape index (κ2) is 5.56. The second-order valence-corrected chi connectivity index (χ2v) is 10.6. The highest BCUT2D eigenvalue weighted by Crippen LogP contribution is 2.37. The summed E-state index contributed by atoms with van der Waals surface area (Å²) in [6, 6.07) is 3.55. The van der Waals surface area contributed by atoms with E-state index < -0.39 is 28.3 Å². The van der Waals surface area contributed by atoms with Crippen molar-refractivity contribution < 1.29 is 17.7 Å². The van der Waals surface area contributed by atoms with Gasteiger partial charge in [0.25, 0.3) is 10.0 Å². The molecule has 0 aliphatic carbocycles.